The van der Waals surface area contributed by atoms with Gasteiger partial charge < -0.3 is 4.18 Å². The van der Waals surface area contributed by atoms with E-state index in [0.717, 1.165) is 22.5 Å². The van der Waals surface area contributed by atoms with Crippen molar-refractivity contribution >= 4 is 27.8 Å². The second-order valence-corrected chi connectivity index (χ2v) is 4.78. The van der Waals surface area contributed by atoms with Crippen LogP contribution < -0.4 is 0 Å². The average Bonchev–Trinajstić information content (AvgIpc) is 2.30. The summed E-state index contributed by atoms with van der Waals surface area (Å²) in [5.74, 6) is -0.296. The Morgan fingerprint density at radius 2 is 2.38 bits per heavy atom. The Morgan fingerprint density at radius 3 is 3.00 bits per heavy atom. The number of nitrogens with zero attached hydrogens (tertiary/aromatic N) is 1. The lowest BCUT2D eigenvalue weighted by molar-refractivity contribution is -0.128. The molecule has 0 radical (unpaired) electrons. The number of hydrogen-bond acceptors (Lipinski definition) is 5. The van der Waals surface area contributed by atoms with Crippen LogP contribution in [0.15, 0.2) is 41.1 Å². The summed E-state index contributed by atoms with van der Waals surface area (Å²) in [6.45, 7) is 3.73. The molecule has 0 amide bonds. The third kappa shape index (κ3) is 4.72. The molecule has 1 aromatic heterocycles. The van der Waals surface area contributed by atoms with E-state index >= 15 is 0 Å². The molecule has 0 saturated heterocycles. The second kappa shape index (κ2) is 7.35. The lowest BCUT2D eigenvalue weighted by atomic mass is 10.2. The average molecular weight is 255 g/mol. The molecule has 1 heterocycles. The standard InChI is InChI=1S/C11H13NO2S2/c1-3-6-9(2)11(13)14-16-15-10-7-4-5-8-12-10/h4-8H,3H2,1-2H3. The molecule has 1 aromatic rings. The minimum Gasteiger partial charge on any atom is -0.376 e. The zero-order chi connectivity index (χ0) is 11.8. The van der Waals surface area contributed by atoms with Crippen LogP contribution in [0.25, 0.3) is 0 Å². The van der Waals surface area contributed by atoms with E-state index in [0.29, 0.717) is 5.57 Å². The Labute approximate surface area is 103 Å². The number of aromatic nitrogens is 1. The van der Waals surface area contributed by atoms with Gasteiger partial charge in [0.05, 0.1) is 0 Å². The van der Waals surface area contributed by atoms with E-state index in [1.54, 1.807) is 13.1 Å². The van der Waals surface area contributed by atoms with Crippen molar-refractivity contribution in [1.82, 2.24) is 4.98 Å². The van der Waals surface area contributed by atoms with Crippen LogP contribution in [-0.2, 0) is 8.98 Å². The fourth-order valence-corrected chi connectivity index (χ4v) is 2.26. The predicted molar refractivity (Wildman–Crippen MR) is 67.8 cm³/mol. The van der Waals surface area contributed by atoms with Crippen molar-refractivity contribution in [2.45, 2.75) is 25.3 Å². The molecule has 0 fully saturated rings. The van der Waals surface area contributed by atoms with E-state index in [1.807, 2.05) is 31.2 Å². The summed E-state index contributed by atoms with van der Waals surface area (Å²) in [6, 6.07) is 5.59. The highest BCUT2D eigenvalue weighted by atomic mass is 33.1. The molecule has 3 nitrogen and oxygen atoms in total. The number of rotatable bonds is 5. The Balaban J connectivity index is 2.31. The lowest BCUT2D eigenvalue weighted by Gasteiger charge is -2.01. The van der Waals surface area contributed by atoms with Crippen molar-refractivity contribution < 1.29 is 8.98 Å². The summed E-state index contributed by atoms with van der Waals surface area (Å²) in [7, 11) is 1.32. The van der Waals surface area contributed by atoms with Gasteiger partial charge in [0, 0.05) is 22.6 Å². The van der Waals surface area contributed by atoms with Gasteiger partial charge in [-0.1, -0.05) is 19.1 Å². The van der Waals surface area contributed by atoms with Crippen LogP contribution in [0.5, 0.6) is 0 Å². The zero-order valence-corrected chi connectivity index (χ0v) is 10.8. The molecule has 0 aliphatic rings. The maximum atomic E-state index is 11.4. The second-order valence-electron chi connectivity index (χ2n) is 2.99. The van der Waals surface area contributed by atoms with E-state index in [4.69, 9.17) is 4.18 Å². The SMILES string of the molecule is CCC=C(C)C(=O)OSSc1ccccn1. The maximum Gasteiger partial charge on any atom is 0.346 e. The van der Waals surface area contributed by atoms with Crippen LogP contribution in [0.2, 0.25) is 0 Å². The lowest BCUT2D eigenvalue weighted by Crippen LogP contribution is -1.99. The van der Waals surface area contributed by atoms with Gasteiger partial charge in [0.15, 0.2) is 0 Å². The first-order chi connectivity index (χ1) is 7.74. The number of carbonyl (C=O) groups excluding carboxylic acids is 1. The third-order valence-corrected chi connectivity index (χ3v) is 3.32. The molecule has 0 spiro atoms. The predicted octanol–water partition coefficient (Wildman–Crippen LogP) is 3.64. The molecule has 0 aromatic carbocycles. The number of carbonyl (C=O) groups is 1. The first-order valence-electron chi connectivity index (χ1n) is 4.87. The van der Waals surface area contributed by atoms with Crippen LogP contribution in [-0.4, -0.2) is 11.0 Å². The van der Waals surface area contributed by atoms with Gasteiger partial charge in [-0.05, 0) is 25.5 Å². The summed E-state index contributed by atoms with van der Waals surface area (Å²) >= 11 is 1.03. The summed E-state index contributed by atoms with van der Waals surface area (Å²) in [5, 5.41) is 0.817. The summed E-state index contributed by atoms with van der Waals surface area (Å²) in [5.41, 5.74) is 0.636. The molecule has 0 saturated carbocycles. The molecule has 0 atom stereocenters. The van der Waals surface area contributed by atoms with Crippen LogP contribution in [0.1, 0.15) is 20.3 Å². The minimum atomic E-state index is -0.296. The normalized spacial score (nSPS) is 11.2. The molecular weight excluding hydrogens is 242 g/mol. The van der Waals surface area contributed by atoms with Crippen molar-refractivity contribution in [3.63, 3.8) is 0 Å². The summed E-state index contributed by atoms with van der Waals surface area (Å²) < 4.78 is 4.99. The molecule has 0 bridgehead atoms. The van der Waals surface area contributed by atoms with Crippen molar-refractivity contribution in [3.05, 3.63) is 36.0 Å². The molecule has 5 heteroatoms. The van der Waals surface area contributed by atoms with Gasteiger partial charge in [-0.15, -0.1) is 0 Å². The van der Waals surface area contributed by atoms with E-state index in [9.17, 15) is 4.79 Å². The van der Waals surface area contributed by atoms with Gasteiger partial charge in [-0.3, -0.25) is 0 Å². The Hall–Kier alpha value is -0.940. The van der Waals surface area contributed by atoms with Gasteiger partial charge >= 0.3 is 5.97 Å². The first-order valence-corrected chi connectivity index (χ1v) is 6.95. The summed E-state index contributed by atoms with van der Waals surface area (Å²) in [4.78, 5) is 15.5. The van der Waals surface area contributed by atoms with Crippen LogP contribution in [0.4, 0.5) is 0 Å². The van der Waals surface area contributed by atoms with E-state index in [1.165, 1.54) is 10.8 Å². The molecule has 1 rings (SSSR count). The smallest absolute Gasteiger partial charge is 0.346 e. The van der Waals surface area contributed by atoms with Crippen LogP contribution in [0.3, 0.4) is 0 Å². The van der Waals surface area contributed by atoms with E-state index in [2.05, 4.69) is 4.98 Å². The van der Waals surface area contributed by atoms with Gasteiger partial charge in [-0.25, -0.2) is 9.78 Å². The molecule has 86 valence electrons. The molecule has 0 aliphatic heterocycles. The zero-order valence-electron chi connectivity index (χ0n) is 9.17. The third-order valence-electron chi connectivity index (χ3n) is 1.70. The Morgan fingerprint density at radius 1 is 1.56 bits per heavy atom. The molecule has 0 N–H and O–H groups in total. The van der Waals surface area contributed by atoms with Crippen LogP contribution in [0, 0.1) is 0 Å². The fourth-order valence-electron chi connectivity index (χ4n) is 0.934. The molecule has 0 aliphatic carbocycles. The van der Waals surface area contributed by atoms with Gasteiger partial charge in [-0.2, -0.15) is 0 Å². The maximum absolute atomic E-state index is 11.4. The van der Waals surface area contributed by atoms with Crippen molar-refractivity contribution in [2.75, 3.05) is 0 Å². The first kappa shape index (κ1) is 13.1. The number of hydrogen-bond donors (Lipinski definition) is 0. The van der Waals surface area contributed by atoms with Crippen molar-refractivity contribution in [1.29, 1.82) is 0 Å². The van der Waals surface area contributed by atoms with Crippen molar-refractivity contribution in [3.8, 4) is 0 Å². The quantitative estimate of drug-likeness (QED) is 0.456. The molecule has 16 heavy (non-hydrogen) atoms. The highest BCUT2D eigenvalue weighted by molar-refractivity contribution is 8.75. The Bertz CT molecular complexity index is 366. The number of allylic oxidation sites excluding steroid dienone is 1. The molecule has 0 unspecified atom stereocenters. The fraction of sp³-hybridized carbons (Fsp3) is 0.273. The van der Waals surface area contributed by atoms with E-state index in [-0.39, 0.29) is 5.97 Å². The monoisotopic (exact) mass is 255 g/mol. The van der Waals surface area contributed by atoms with E-state index < -0.39 is 0 Å². The molecular formula is C11H13NO2S2. The van der Waals surface area contributed by atoms with Gasteiger partial charge in [0.1, 0.15) is 16.1 Å². The topological polar surface area (TPSA) is 39.2 Å². The van der Waals surface area contributed by atoms with Crippen LogP contribution >= 0.6 is 21.9 Å². The summed E-state index contributed by atoms with van der Waals surface area (Å²) in [6.07, 6.45) is 4.38. The number of pyridine rings is 1. The largest absolute Gasteiger partial charge is 0.376 e. The van der Waals surface area contributed by atoms with Gasteiger partial charge in [0.25, 0.3) is 0 Å². The highest BCUT2D eigenvalue weighted by Crippen LogP contribution is 2.30. The van der Waals surface area contributed by atoms with Crippen molar-refractivity contribution in [2.24, 2.45) is 0 Å². The Kier molecular flexibility index (Phi) is 6.03. The minimum absolute atomic E-state index is 0.296. The van der Waals surface area contributed by atoms with Gasteiger partial charge in [0.2, 0.25) is 0 Å². The highest BCUT2D eigenvalue weighted by Gasteiger charge is 2.06.